The van der Waals surface area contributed by atoms with Crippen molar-refractivity contribution in [2.45, 2.75) is 6.92 Å². The molecule has 2 rings (SSSR count). The van der Waals surface area contributed by atoms with Gasteiger partial charge < -0.3 is 4.98 Å². The van der Waals surface area contributed by atoms with E-state index in [1.54, 1.807) is 6.92 Å². The predicted octanol–water partition coefficient (Wildman–Crippen LogP) is 4.03. The number of benzene rings is 1. The largest absolute Gasteiger partial charge is 0.306 e. The zero-order chi connectivity index (χ0) is 12.6. The summed E-state index contributed by atoms with van der Waals surface area (Å²) in [7, 11) is 0. The summed E-state index contributed by atoms with van der Waals surface area (Å²) in [5.41, 5.74) is 1.35. The van der Waals surface area contributed by atoms with Crippen LogP contribution in [0.15, 0.2) is 36.4 Å². The molecule has 2 aromatic rings. The third-order valence-electron chi connectivity index (χ3n) is 2.22. The molecule has 1 aromatic carbocycles. The number of nitrogens with zero attached hydrogens (tertiary/aromatic N) is 1. The maximum Gasteiger partial charge on any atom is 0.265 e. The van der Waals surface area contributed by atoms with Crippen LogP contribution in [0.3, 0.4) is 0 Å². The van der Waals surface area contributed by atoms with Crippen molar-refractivity contribution >= 4 is 47.8 Å². The van der Waals surface area contributed by atoms with Gasteiger partial charge in [0.05, 0.1) is 5.69 Å². The van der Waals surface area contributed by atoms with Gasteiger partial charge in [0, 0.05) is 14.5 Å². The maximum absolute atomic E-state index is 11.6. The summed E-state index contributed by atoms with van der Waals surface area (Å²) in [5.74, 6) is 0.559. The molecule has 0 aliphatic carbocycles. The molecule has 1 N–H and O–H groups in total. The number of hydrogen-bond acceptors (Lipinski definition) is 2. The van der Waals surface area contributed by atoms with Crippen molar-refractivity contribution in [2.75, 3.05) is 0 Å². The molecule has 1 heterocycles. The summed E-state index contributed by atoms with van der Waals surface area (Å²) < 4.78 is 2.34. The molecule has 3 nitrogen and oxygen atoms in total. The third kappa shape index (κ3) is 2.69. The van der Waals surface area contributed by atoms with Crippen molar-refractivity contribution in [3.63, 3.8) is 0 Å². The lowest BCUT2D eigenvalue weighted by Gasteiger charge is -2.05. The van der Waals surface area contributed by atoms with Gasteiger partial charge in [-0.15, -0.1) is 0 Å². The third-order valence-corrected chi connectivity index (χ3v) is 5.04. The van der Waals surface area contributed by atoms with Crippen molar-refractivity contribution in [3.8, 4) is 11.4 Å². The Balaban J connectivity index is 2.61. The van der Waals surface area contributed by atoms with Gasteiger partial charge in [0.2, 0.25) is 0 Å². The fourth-order valence-corrected chi connectivity index (χ4v) is 2.16. The molecule has 0 fully saturated rings. The van der Waals surface area contributed by atoms with E-state index >= 15 is 0 Å². The summed E-state index contributed by atoms with van der Waals surface area (Å²) >= 11 is 10.0. The highest BCUT2D eigenvalue weighted by atomic mass is 79.9. The lowest BCUT2D eigenvalue weighted by Crippen LogP contribution is -2.11. The molecule has 0 aliphatic heterocycles. The fraction of sp³-hybridized carbons (Fsp3) is 0.0909. The summed E-state index contributed by atoms with van der Waals surface area (Å²) in [6, 6.07) is 5.69. The van der Waals surface area contributed by atoms with E-state index in [1.165, 1.54) is 0 Å². The molecule has 0 aliphatic rings. The number of aromatic amines is 1. The van der Waals surface area contributed by atoms with Gasteiger partial charge >= 0.3 is 0 Å². The van der Waals surface area contributed by atoms with Gasteiger partial charge in [-0.2, -0.15) is 0 Å². The van der Waals surface area contributed by atoms with Crippen molar-refractivity contribution in [1.82, 2.24) is 9.97 Å². The van der Waals surface area contributed by atoms with Crippen LogP contribution in [-0.2, 0) is 0 Å². The maximum atomic E-state index is 11.6. The summed E-state index contributed by atoms with van der Waals surface area (Å²) in [4.78, 5) is 18.7. The fourth-order valence-electron chi connectivity index (χ4n) is 1.35. The molecule has 0 unspecified atom stereocenters. The lowest BCUT2D eigenvalue weighted by atomic mass is 10.2. The van der Waals surface area contributed by atoms with Crippen LogP contribution in [0.2, 0.25) is 0 Å². The molecule has 0 saturated heterocycles. The smallest absolute Gasteiger partial charge is 0.265 e. The number of aromatic nitrogens is 2. The SMILES string of the molecule is Cc1nc(-c2ccc(Br)c(Br)c2)[nH]c(=O)c1Br. The van der Waals surface area contributed by atoms with Gasteiger partial charge in [-0.3, -0.25) is 4.79 Å². The van der Waals surface area contributed by atoms with E-state index < -0.39 is 0 Å². The van der Waals surface area contributed by atoms with Crippen molar-refractivity contribution in [2.24, 2.45) is 0 Å². The molecule has 0 saturated carbocycles. The van der Waals surface area contributed by atoms with Crippen LogP contribution in [0.4, 0.5) is 0 Å². The molecule has 0 spiro atoms. The Morgan fingerprint density at radius 1 is 1.18 bits per heavy atom. The molecular formula is C11H7Br3N2O. The van der Waals surface area contributed by atoms with E-state index in [0.717, 1.165) is 14.5 Å². The van der Waals surface area contributed by atoms with Crippen LogP contribution >= 0.6 is 47.8 Å². The first kappa shape index (κ1) is 13.0. The van der Waals surface area contributed by atoms with E-state index in [-0.39, 0.29) is 5.56 Å². The zero-order valence-corrected chi connectivity index (χ0v) is 13.5. The van der Waals surface area contributed by atoms with Crippen molar-refractivity contribution in [1.29, 1.82) is 0 Å². The summed E-state index contributed by atoms with van der Waals surface area (Å²) in [5, 5.41) is 0. The van der Waals surface area contributed by atoms with Gasteiger partial charge in [0.25, 0.3) is 5.56 Å². The first-order chi connectivity index (χ1) is 7.99. The lowest BCUT2D eigenvalue weighted by molar-refractivity contribution is 1.05. The highest BCUT2D eigenvalue weighted by molar-refractivity contribution is 9.13. The molecule has 0 radical (unpaired) electrons. The van der Waals surface area contributed by atoms with Gasteiger partial charge in [0.1, 0.15) is 10.3 Å². The molecule has 0 amide bonds. The zero-order valence-electron chi connectivity index (χ0n) is 8.72. The minimum atomic E-state index is -0.174. The Hall–Kier alpha value is -0.460. The number of H-pyrrole nitrogens is 1. The van der Waals surface area contributed by atoms with Crippen LogP contribution in [0.25, 0.3) is 11.4 Å². The second-order valence-corrected chi connectivity index (χ2v) is 5.94. The summed E-state index contributed by atoms with van der Waals surface area (Å²) in [6.45, 7) is 1.79. The van der Waals surface area contributed by atoms with Crippen LogP contribution in [0.5, 0.6) is 0 Å². The van der Waals surface area contributed by atoms with E-state index in [2.05, 4.69) is 57.8 Å². The molecule has 17 heavy (non-hydrogen) atoms. The van der Waals surface area contributed by atoms with Crippen LogP contribution in [0, 0.1) is 6.92 Å². The number of nitrogens with one attached hydrogen (secondary N) is 1. The van der Waals surface area contributed by atoms with Crippen molar-refractivity contribution < 1.29 is 0 Å². The standard InChI is InChI=1S/C11H7Br3N2O/c1-5-9(14)11(17)16-10(15-5)6-2-3-7(12)8(13)4-6/h2-4H,1H3,(H,15,16,17). The Morgan fingerprint density at radius 2 is 1.88 bits per heavy atom. The van der Waals surface area contributed by atoms with Crippen LogP contribution < -0.4 is 5.56 Å². The average Bonchev–Trinajstić information content (AvgIpc) is 2.29. The van der Waals surface area contributed by atoms with E-state index in [0.29, 0.717) is 16.0 Å². The molecule has 1 aromatic heterocycles. The van der Waals surface area contributed by atoms with E-state index in [1.807, 2.05) is 18.2 Å². The highest BCUT2D eigenvalue weighted by Gasteiger charge is 2.08. The molecular weight excluding hydrogens is 416 g/mol. The van der Waals surface area contributed by atoms with Crippen molar-refractivity contribution in [3.05, 3.63) is 47.7 Å². The molecule has 0 atom stereocenters. The van der Waals surface area contributed by atoms with Crippen LogP contribution in [-0.4, -0.2) is 9.97 Å². The van der Waals surface area contributed by atoms with E-state index in [4.69, 9.17) is 0 Å². The minimum Gasteiger partial charge on any atom is -0.306 e. The Labute approximate surface area is 123 Å². The number of aryl methyl sites for hydroxylation is 1. The number of halogens is 3. The molecule has 88 valence electrons. The van der Waals surface area contributed by atoms with Gasteiger partial charge in [-0.25, -0.2) is 4.98 Å². The van der Waals surface area contributed by atoms with Gasteiger partial charge in [0.15, 0.2) is 0 Å². The Bertz CT molecular complexity index is 637. The monoisotopic (exact) mass is 420 g/mol. The Kier molecular flexibility index (Phi) is 3.85. The second kappa shape index (κ2) is 5.04. The van der Waals surface area contributed by atoms with E-state index in [9.17, 15) is 4.79 Å². The predicted molar refractivity (Wildman–Crippen MR) is 78.1 cm³/mol. The first-order valence-electron chi connectivity index (χ1n) is 4.71. The molecule has 0 bridgehead atoms. The normalized spacial score (nSPS) is 10.6. The average molecular weight is 423 g/mol. The molecule has 6 heteroatoms. The number of hydrogen-bond donors (Lipinski definition) is 1. The second-order valence-electron chi connectivity index (χ2n) is 3.44. The van der Waals surface area contributed by atoms with Gasteiger partial charge in [-0.1, -0.05) is 6.07 Å². The van der Waals surface area contributed by atoms with Gasteiger partial charge in [-0.05, 0) is 66.8 Å². The topological polar surface area (TPSA) is 45.8 Å². The first-order valence-corrected chi connectivity index (χ1v) is 7.09. The van der Waals surface area contributed by atoms with Crippen LogP contribution in [0.1, 0.15) is 5.69 Å². The highest BCUT2D eigenvalue weighted by Crippen LogP contribution is 2.27. The minimum absolute atomic E-state index is 0.174. The number of rotatable bonds is 1. The Morgan fingerprint density at radius 3 is 2.47 bits per heavy atom. The summed E-state index contributed by atoms with van der Waals surface area (Å²) in [6.07, 6.45) is 0. The quantitative estimate of drug-likeness (QED) is 0.754.